The van der Waals surface area contributed by atoms with Gasteiger partial charge in [-0.25, -0.2) is 0 Å². The Morgan fingerprint density at radius 1 is 1.00 bits per heavy atom. The lowest BCUT2D eigenvalue weighted by Crippen LogP contribution is -2.39. The lowest BCUT2D eigenvalue weighted by Gasteiger charge is -2.28. The third-order valence-electron chi connectivity index (χ3n) is 6.84. The van der Waals surface area contributed by atoms with E-state index in [9.17, 15) is 14.4 Å². The van der Waals surface area contributed by atoms with Crippen LogP contribution in [0.4, 0.5) is 5.69 Å². The summed E-state index contributed by atoms with van der Waals surface area (Å²) in [5.74, 6) is -0.790. The van der Waals surface area contributed by atoms with Gasteiger partial charge in [0.05, 0.1) is 22.5 Å². The zero-order valence-electron chi connectivity index (χ0n) is 16.1. The van der Waals surface area contributed by atoms with Crippen LogP contribution in [0.3, 0.4) is 0 Å². The smallest absolute Gasteiger partial charge is 0.244 e. The molecule has 3 fully saturated rings. The molecule has 2 bridgehead atoms. The number of hydrogen-bond acceptors (Lipinski definition) is 3. The van der Waals surface area contributed by atoms with Crippen LogP contribution in [-0.4, -0.2) is 29.2 Å². The lowest BCUT2D eigenvalue weighted by atomic mass is 9.73. The molecule has 3 aliphatic rings. The van der Waals surface area contributed by atoms with Crippen molar-refractivity contribution in [2.24, 2.45) is 23.7 Å². The third-order valence-corrected chi connectivity index (χ3v) is 7.39. The van der Waals surface area contributed by atoms with Crippen molar-refractivity contribution < 1.29 is 14.4 Å². The van der Waals surface area contributed by atoms with E-state index in [0.29, 0.717) is 21.7 Å². The first-order valence-corrected chi connectivity index (χ1v) is 10.8. The maximum absolute atomic E-state index is 13.1. The molecular weight excluding hydrogens is 423 g/mol. The van der Waals surface area contributed by atoms with Gasteiger partial charge in [-0.15, -0.1) is 0 Å². The van der Waals surface area contributed by atoms with Gasteiger partial charge in [0.2, 0.25) is 17.7 Å². The van der Waals surface area contributed by atoms with Crippen molar-refractivity contribution in [3.63, 3.8) is 0 Å². The summed E-state index contributed by atoms with van der Waals surface area (Å²) >= 11 is 12.0. The number of nitrogens with zero attached hydrogens (tertiary/aromatic N) is 1. The fourth-order valence-electron chi connectivity index (χ4n) is 5.68. The molecule has 7 heteroatoms. The Morgan fingerprint density at radius 2 is 1.73 bits per heavy atom. The number of rotatable bonds is 4. The van der Waals surface area contributed by atoms with Crippen molar-refractivity contribution in [1.82, 2.24) is 4.90 Å². The van der Waals surface area contributed by atoms with Crippen LogP contribution >= 0.6 is 23.2 Å². The number of halogens is 2. The van der Waals surface area contributed by atoms with E-state index < -0.39 is 5.91 Å². The largest absolute Gasteiger partial charge is 0.323 e. The summed E-state index contributed by atoms with van der Waals surface area (Å²) in [5.41, 5.74) is 1.63. The highest BCUT2D eigenvalue weighted by Gasteiger charge is 2.63. The first-order chi connectivity index (χ1) is 14.4. The van der Waals surface area contributed by atoms with E-state index in [-0.39, 0.29) is 42.0 Å². The molecule has 5 atom stereocenters. The highest BCUT2D eigenvalue weighted by Crippen LogP contribution is 2.61. The number of imide groups is 1. The fraction of sp³-hybridized carbons (Fsp3) is 0.348. The van der Waals surface area contributed by atoms with Gasteiger partial charge in [0.1, 0.15) is 6.54 Å². The number of likely N-dealkylation sites (tertiary alicyclic amines) is 1. The molecule has 0 radical (unpaired) electrons. The Hall–Kier alpha value is -2.37. The number of carbonyl (C=O) groups excluding carboxylic acids is 3. The molecule has 1 aliphatic heterocycles. The van der Waals surface area contributed by atoms with Gasteiger partial charge in [0.15, 0.2) is 0 Å². The summed E-state index contributed by atoms with van der Waals surface area (Å²) in [6, 6.07) is 14.9. The quantitative estimate of drug-likeness (QED) is 0.715. The molecule has 5 nitrogen and oxygen atoms in total. The van der Waals surface area contributed by atoms with Crippen molar-refractivity contribution in [3.8, 4) is 0 Å². The number of benzene rings is 2. The molecule has 1 N–H and O–H groups in total. The molecule has 2 aliphatic carbocycles. The molecule has 154 valence electrons. The second-order valence-corrected chi connectivity index (χ2v) is 9.24. The van der Waals surface area contributed by atoms with Crippen molar-refractivity contribution >= 4 is 46.6 Å². The van der Waals surface area contributed by atoms with E-state index in [4.69, 9.17) is 23.2 Å². The minimum absolute atomic E-state index is 0.164. The molecular formula is C23H20Cl2N2O3. The number of carbonyl (C=O) groups is 3. The summed E-state index contributed by atoms with van der Waals surface area (Å²) in [6.45, 7) is -0.293. The highest BCUT2D eigenvalue weighted by molar-refractivity contribution is 6.36. The summed E-state index contributed by atoms with van der Waals surface area (Å²) in [4.78, 5) is 39.8. The van der Waals surface area contributed by atoms with Gasteiger partial charge >= 0.3 is 0 Å². The van der Waals surface area contributed by atoms with Crippen LogP contribution in [-0.2, 0) is 14.4 Å². The minimum Gasteiger partial charge on any atom is -0.323 e. The number of nitrogens with one attached hydrogen (secondary N) is 1. The molecule has 2 aromatic rings. The average molecular weight is 443 g/mol. The van der Waals surface area contributed by atoms with E-state index in [1.54, 1.807) is 12.1 Å². The van der Waals surface area contributed by atoms with Crippen molar-refractivity contribution in [3.05, 3.63) is 64.1 Å². The van der Waals surface area contributed by atoms with Crippen molar-refractivity contribution in [1.29, 1.82) is 0 Å². The molecule has 5 rings (SSSR count). The maximum atomic E-state index is 13.1. The Morgan fingerprint density at radius 3 is 2.47 bits per heavy atom. The Balaban J connectivity index is 1.31. The van der Waals surface area contributed by atoms with Crippen LogP contribution < -0.4 is 5.32 Å². The summed E-state index contributed by atoms with van der Waals surface area (Å²) < 4.78 is 0. The molecule has 2 aromatic carbocycles. The number of anilines is 1. The van der Waals surface area contributed by atoms with Crippen LogP contribution in [0.1, 0.15) is 24.3 Å². The van der Waals surface area contributed by atoms with E-state index in [0.717, 1.165) is 17.7 Å². The van der Waals surface area contributed by atoms with Gasteiger partial charge in [-0.2, -0.15) is 0 Å². The van der Waals surface area contributed by atoms with Crippen molar-refractivity contribution in [2.45, 2.75) is 18.8 Å². The maximum Gasteiger partial charge on any atom is 0.244 e. The highest BCUT2D eigenvalue weighted by atomic mass is 35.5. The van der Waals surface area contributed by atoms with Gasteiger partial charge in [0.25, 0.3) is 0 Å². The van der Waals surface area contributed by atoms with Crippen LogP contribution in [0.25, 0.3) is 0 Å². The molecule has 0 aromatic heterocycles. The van der Waals surface area contributed by atoms with Crippen LogP contribution in [0.5, 0.6) is 0 Å². The molecule has 1 heterocycles. The van der Waals surface area contributed by atoms with E-state index in [1.165, 1.54) is 11.6 Å². The predicted octanol–water partition coefficient (Wildman–Crippen LogP) is 4.36. The van der Waals surface area contributed by atoms with Gasteiger partial charge in [-0.05, 0) is 54.4 Å². The molecule has 1 saturated heterocycles. The molecule has 2 saturated carbocycles. The Kier molecular flexibility index (Phi) is 4.83. The SMILES string of the molecule is O=C(CN1C(=O)[C@@H]2[C@@H]3C[C@@H]([C@@H]2C1=O)[C@H](c1ccccc1)C3)Nc1ccc(Cl)cc1Cl. The van der Waals surface area contributed by atoms with Crippen LogP contribution in [0.15, 0.2) is 48.5 Å². The van der Waals surface area contributed by atoms with Crippen LogP contribution in [0.2, 0.25) is 10.0 Å². The second-order valence-electron chi connectivity index (χ2n) is 8.40. The van der Waals surface area contributed by atoms with Gasteiger partial charge < -0.3 is 5.32 Å². The predicted molar refractivity (Wildman–Crippen MR) is 114 cm³/mol. The van der Waals surface area contributed by atoms with Crippen LogP contribution in [0, 0.1) is 23.7 Å². The molecule has 0 unspecified atom stereocenters. The monoisotopic (exact) mass is 442 g/mol. The number of hydrogen-bond donors (Lipinski definition) is 1. The van der Waals surface area contributed by atoms with Gasteiger partial charge in [-0.1, -0.05) is 53.5 Å². The van der Waals surface area contributed by atoms with Gasteiger partial charge in [0, 0.05) is 5.02 Å². The summed E-state index contributed by atoms with van der Waals surface area (Å²) in [7, 11) is 0. The van der Waals surface area contributed by atoms with Gasteiger partial charge in [-0.3, -0.25) is 19.3 Å². The topological polar surface area (TPSA) is 66.5 Å². The van der Waals surface area contributed by atoms with E-state index in [2.05, 4.69) is 17.4 Å². The zero-order chi connectivity index (χ0) is 21.0. The summed E-state index contributed by atoms with van der Waals surface area (Å²) in [6.07, 6.45) is 1.84. The molecule has 3 amide bonds. The fourth-order valence-corrected chi connectivity index (χ4v) is 6.14. The Bertz CT molecular complexity index is 1040. The number of fused-ring (bicyclic) bond motifs is 5. The van der Waals surface area contributed by atoms with Crippen molar-refractivity contribution in [2.75, 3.05) is 11.9 Å². The lowest BCUT2D eigenvalue weighted by molar-refractivity contribution is -0.143. The zero-order valence-corrected chi connectivity index (χ0v) is 17.6. The minimum atomic E-state index is -0.451. The Labute approximate surface area is 184 Å². The third kappa shape index (κ3) is 3.12. The first-order valence-electron chi connectivity index (χ1n) is 10.1. The van der Waals surface area contributed by atoms with E-state index >= 15 is 0 Å². The summed E-state index contributed by atoms with van der Waals surface area (Å²) in [5, 5.41) is 3.43. The number of amides is 3. The normalized spacial score (nSPS) is 29.4. The second kappa shape index (κ2) is 7.40. The molecule has 0 spiro atoms. The average Bonchev–Trinajstić information content (AvgIpc) is 3.39. The first kappa shape index (κ1) is 19.6. The molecule has 30 heavy (non-hydrogen) atoms. The van der Waals surface area contributed by atoms with E-state index in [1.807, 2.05) is 18.2 Å². The standard InChI is InChI=1S/C23H20Cl2N2O3/c24-14-6-7-18(17(25)10-14)26-19(28)11-27-22(29)20-13-8-15(12-4-2-1-3-5-12)16(9-13)21(20)23(27)30/h1-7,10,13,15-16,20-21H,8-9,11H2,(H,26,28)/t13-,15-,16+,20+,21-/m0/s1.